The van der Waals surface area contributed by atoms with E-state index in [1.54, 1.807) is 24.3 Å². The van der Waals surface area contributed by atoms with Crippen molar-refractivity contribution in [1.82, 2.24) is 14.9 Å². The van der Waals surface area contributed by atoms with Crippen LogP contribution in [0.1, 0.15) is 25.3 Å². The maximum Gasteiger partial charge on any atom is 0.243 e. The predicted molar refractivity (Wildman–Crippen MR) is 132 cm³/mol. The Balaban J connectivity index is 1.65. The first-order valence-corrected chi connectivity index (χ1v) is 13.0. The number of para-hydroxylation sites is 1. The lowest BCUT2D eigenvalue weighted by molar-refractivity contribution is -0.128. The fourth-order valence-electron chi connectivity index (χ4n) is 4.09. The van der Waals surface area contributed by atoms with E-state index in [0.29, 0.717) is 34.9 Å². The zero-order chi connectivity index (χ0) is 25.6. The van der Waals surface area contributed by atoms with Crippen molar-refractivity contribution in [1.29, 1.82) is 0 Å². The van der Waals surface area contributed by atoms with E-state index in [9.17, 15) is 18.0 Å². The Morgan fingerprint density at radius 2 is 1.74 bits per heavy atom. The highest BCUT2D eigenvalue weighted by Crippen LogP contribution is 2.31. The molecule has 3 rings (SSSR count). The molecule has 1 saturated heterocycles. The van der Waals surface area contributed by atoms with E-state index in [0.717, 1.165) is 0 Å². The van der Waals surface area contributed by atoms with E-state index < -0.39 is 16.1 Å². The third-order valence-electron chi connectivity index (χ3n) is 5.85. The Labute approximate surface area is 210 Å². The molecule has 1 aliphatic heterocycles. The Hall–Kier alpha value is -2.82. The van der Waals surface area contributed by atoms with Gasteiger partial charge in [0.1, 0.15) is 6.04 Å². The van der Waals surface area contributed by atoms with Crippen LogP contribution >= 0.6 is 11.6 Å². The monoisotopic (exact) mass is 523 g/mol. The van der Waals surface area contributed by atoms with Crippen LogP contribution in [0.25, 0.3) is 0 Å². The minimum absolute atomic E-state index is 0.183. The number of piperidine rings is 1. The minimum Gasteiger partial charge on any atom is -0.493 e. The number of nitrogens with one attached hydrogen (secondary N) is 2. The molecule has 35 heavy (non-hydrogen) atoms. The Morgan fingerprint density at radius 3 is 2.31 bits per heavy atom. The van der Waals surface area contributed by atoms with Crippen molar-refractivity contribution in [3.05, 3.63) is 53.1 Å². The first kappa shape index (κ1) is 26.8. The molecule has 1 aliphatic rings. The summed E-state index contributed by atoms with van der Waals surface area (Å²) < 4.78 is 38.0. The second-order valence-corrected chi connectivity index (χ2v) is 10.6. The third-order valence-corrected chi connectivity index (χ3v) is 8.02. The lowest BCUT2D eigenvalue weighted by Gasteiger charge is -2.32. The van der Waals surface area contributed by atoms with Gasteiger partial charge in [0.15, 0.2) is 11.5 Å². The van der Waals surface area contributed by atoms with Gasteiger partial charge < -0.3 is 20.1 Å². The van der Waals surface area contributed by atoms with Gasteiger partial charge in [-0.3, -0.25) is 9.59 Å². The zero-order valence-corrected chi connectivity index (χ0v) is 21.5. The summed E-state index contributed by atoms with van der Waals surface area (Å²) in [4.78, 5) is 25.1. The van der Waals surface area contributed by atoms with E-state index >= 15 is 0 Å². The molecule has 2 N–H and O–H groups in total. The molecule has 11 heteroatoms. The van der Waals surface area contributed by atoms with Crippen molar-refractivity contribution in [2.45, 2.75) is 43.2 Å². The van der Waals surface area contributed by atoms with E-state index in [4.69, 9.17) is 21.1 Å². The lowest BCUT2D eigenvalue weighted by atomic mass is 10.0. The smallest absolute Gasteiger partial charge is 0.243 e. The highest BCUT2D eigenvalue weighted by molar-refractivity contribution is 7.89. The number of methoxy groups -OCH3 is 2. The largest absolute Gasteiger partial charge is 0.493 e. The first-order valence-electron chi connectivity index (χ1n) is 11.2. The fraction of sp³-hybridized carbons (Fsp3) is 0.417. The molecule has 0 radical (unpaired) electrons. The molecular weight excluding hydrogens is 494 g/mol. The van der Waals surface area contributed by atoms with Crippen molar-refractivity contribution in [3.63, 3.8) is 0 Å². The molecule has 2 aromatic rings. The maximum absolute atomic E-state index is 13.1. The second kappa shape index (κ2) is 11.7. The number of rotatable bonds is 9. The number of amides is 2. The van der Waals surface area contributed by atoms with Crippen molar-refractivity contribution in [2.75, 3.05) is 27.3 Å². The van der Waals surface area contributed by atoms with Crippen LogP contribution in [0.15, 0.2) is 47.4 Å². The number of halogens is 1. The van der Waals surface area contributed by atoms with Gasteiger partial charge in [-0.25, -0.2) is 8.42 Å². The number of sulfonamides is 1. The summed E-state index contributed by atoms with van der Waals surface area (Å²) in [5.41, 5.74) is 0.713. The van der Waals surface area contributed by atoms with Gasteiger partial charge in [0.05, 0.1) is 19.1 Å². The molecule has 0 aromatic heterocycles. The fourth-order valence-corrected chi connectivity index (χ4v) is 5.68. The number of carbonyl (C=O) groups excluding carboxylic acids is 2. The summed E-state index contributed by atoms with van der Waals surface area (Å²) in [7, 11) is -0.597. The number of carbonyl (C=O) groups is 2. The van der Waals surface area contributed by atoms with Crippen molar-refractivity contribution >= 4 is 33.4 Å². The first-order chi connectivity index (χ1) is 16.6. The topological polar surface area (TPSA) is 114 Å². The van der Waals surface area contributed by atoms with Gasteiger partial charge in [0.25, 0.3) is 0 Å². The zero-order valence-electron chi connectivity index (χ0n) is 19.9. The normalized spacial score (nSPS) is 15.8. The molecule has 9 nitrogen and oxygen atoms in total. The van der Waals surface area contributed by atoms with E-state index in [1.807, 2.05) is 6.07 Å². The summed E-state index contributed by atoms with van der Waals surface area (Å²) in [5.74, 6) is 0.347. The van der Waals surface area contributed by atoms with Crippen LogP contribution in [0, 0.1) is 0 Å². The van der Waals surface area contributed by atoms with Gasteiger partial charge in [0.2, 0.25) is 21.8 Å². The quantitative estimate of drug-likeness (QED) is 0.521. The molecule has 1 unspecified atom stereocenters. The standard InChI is InChI=1S/C24H30ClN3O6S/c1-16(29)26-21(15-17-5-4-6-22(33-2)23(17)34-3)24(30)27-19-11-13-28(14-12-19)35(31,32)20-9-7-18(25)8-10-20/h4-10,19,21H,11-15H2,1-3H3,(H,26,29)(H,27,30). The van der Waals surface area contributed by atoms with E-state index in [-0.39, 0.29) is 42.3 Å². The van der Waals surface area contributed by atoms with E-state index in [1.165, 1.54) is 37.6 Å². The van der Waals surface area contributed by atoms with Crippen molar-refractivity contribution in [2.24, 2.45) is 0 Å². The average Bonchev–Trinajstić information content (AvgIpc) is 2.83. The number of hydrogen-bond donors (Lipinski definition) is 2. The molecule has 1 atom stereocenters. The van der Waals surface area contributed by atoms with Gasteiger partial charge in [-0.05, 0) is 43.2 Å². The highest BCUT2D eigenvalue weighted by Gasteiger charge is 2.31. The lowest BCUT2D eigenvalue weighted by Crippen LogP contribution is -2.53. The number of hydrogen-bond acceptors (Lipinski definition) is 6. The Kier molecular flexibility index (Phi) is 8.98. The summed E-state index contributed by atoms with van der Waals surface area (Å²) in [6.45, 7) is 1.89. The summed E-state index contributed by atoms with van der Waals surface area (Å²) in [6, 6.07) is 10.3. The maximum atomic E-state index is 13.1. The molecule has 0 spiro atoms. The second-order valence-electron chi connectivity index (χ2n) is 8.25. The highest BCUT2D eigenvalue weighted by atomic mass is 35.5. The molecule has 190 valence electrons. The molecule has 0 bridgehead atoms. The van der Waals surface area contributed by atoms with Crippen LogP contribution < -0.4 is 20.1 Å². The third kappa shape index (κ3) is 6.65. The molecule has 0 saturated carbocycles. The van der Waals surface area contributed by atoms with Gasteiger partial charge in [-0.1, -0.05) is 23.7 Å². The van der Waals surface area contributed by atoms with Crippen LogP contribution in [0.2, 0.25) is 5.02 Å². The summed E-state index contributed by atoms with van der Waals surface area (Å²) in [6.07, 6.45) is 1.11. The van der Waals surface area contributed by atoms with Gasteiger partial charge in [0, 0.05) is 43.1 Å². The van der Waals surface area contributed by atoms with Crippen molar-refractivity contribution in [3.8, 4) is 11.5 Å². The van der Waals surface area contributed by atoms with Crippen LogP contribution in [0.4, 0.5) is 0 Å². The Bertz CT molecular complexity index is 1150. The summed E-state index contributed by atoms with van der Waals surface area (Å²) in [5, 5.41) is 6.13. The number of nitrogens with zero attached hydrogens (tertiary/aromatic N) is 1. The van der Waals surface area contributed by atoms with Crippen LogP contribution in [-0.4, -0.2) is 63.9 Å². The SMILES string of the molecule is COc1cccc(CC(NC(C)=O)C(=O)NC2CCN(S(=O)(=O)c3ccc(Cl)cc3)CC2)c1OC. The summed E-state index contributed by atoms with van der Waals surface area (Å²) >= 11 is 5.87. The minimum atomic E-state index is -3.64. The molecule has 0 aliphatic carbocycles. The van der Waals surface area contributed by atoms with Crippen LogP contribution in [0.3, 0.4) is 0 Å². The predicted octanol–water partition coefficient (Wildman–Crippen LogP) is 2.37. The molecular formula is C24H30ClN3O6S. The average molecular weight is 524 g/mol. The number of ether oxygens (including phenoxy) is 2. The van der Waals surface area contributed by atoms with Crippen LogP contribution in [-0.2, 0) is 26.0 Å². The van der Waals surface area contributed by atoms with Gasteiger partial charge in [-0.2, -0.15) is 4.31 Å². The van der Waals surface area contributed by atoms with Crippen molar-refractivity contribution < 1.29 is 27.5 Å². The molecule has 1 fully saturated rings. The van der Waals surface area contributed by atoms with E-state index in [2.05, 4.69) is 10.6 Å². The molecule has 2 amide bonds. The number of benzene rings is 2. The Morgan fingerprint density at radius 1 is 1.09 bits per heavy atom. The molecule has 2 aromatic carbocycles. The van der Waals surface area contributed by atoms with Crippen LogP contribution in [0.5, 0.6) is 11.5 Å². The van der Waals surface area contributed by atoms with Gasteiger partial charge >= 0.3 is 0 Å². The van der Waals surface area contributed by atoms with Gasteiger partial charge in [-0.15, -0.1) is 0 Å². The molecule has 1 heterocycles.